The summed E-state index contributed by atoms with van der Waals surface area (Å²) in [6.45, 7) is 2.93. The third kappa shape index (κ3) is 4.55. The molecule has 176 valence electrons. The van der Waals surface area contributed by atoms with Crippen LogP contribution in [-0.2, 0) is 25.2 Å². The number of imide groups is 1. The van der Waals surface area contributed by atoms with Gasteiger partial charge < -0.3 is 15.4 Å². The first kappa shape index (κ1) is 24.2. The molecule has 1 saturated heterocycles. The molecule has 2 aromatic carbocycles. The number of carbonyl (C=O) groups is 3. The molecule has 2 N–H and O–H groups in total. The Morgan fingerprint density at radius 1 is 1.15 bits per heavy atom. The number of sulfonamides is 1. The molecule has 11 heteroatoms. The highest BCUT2D eigenvalue weighted by Gasteiger charge is 2.49. The number of rotatable bonds is 7. The summed E-state index contributed by atoms with van der Waals surface area (Å²) in [4.78, 5) is 39.0. The van der Waals surface area contributed by atoms with Crippen LogP contribution in [0.1, 0.15) is 18.1 Å². The van der Waals surface area contributed by atoms with E-state index < -0.39 is 40.0 Å². The molecular weight excluding hydrogens is 448 g/mol. The van der Waals surface area contributed by atoms with E-state index in [1.54, 1.807) is 19.1 Å². The SMILES string of the molecule is COc1ccc(S(=O)(=O)N(C)C)cc1NC(=O)CN1C(=O)N[C@@](C)(c2ccc(C)cc2)C1=O. The topological polar surface area (TPSA) is 125 Å². The second-order valence-electron chi connectivity index (χ2n) is 8.01. The molecule has 1 heterocycles. The Bertz CT molecular complexity index is 1210. The van der Waals surface area contributed by atoms with E-state index in [9.17, 15) is 22.8 Å². The van der Waals surface area contributed by atoms with Gasteiger partial charge in [0.2, 0.25) is 15.9 Å². The van der Waals surface area contributed by atoms with Crippen LogP contribution in [0.15, 0.2) is 47.4 Å². The minimum absolute atomic E-state index is 0.0504. The van der Waals surface area contributed by atoms with Crippen LogP contribution >= 0.6 is 0 Å². The van der Waals surface area contributed by atoms with Crippen molar-refractivity contribution in [3.05, 3.63) is 53.6 Å². The van der Waals surface area contributed by atoms with Gasteiger partial charge in [-0.25, -0.2) is 17.5 Å². The zero-order chi connectivity index (χ0) is 24.6. The normalized spacial score (nSPS) is 18.4. The maximum absolute atomic E-state index is 13.0. The van der Waals surface area contributed by atoms with Gasteiger partial charge in [-0.05, 0) is 37.6 Å². The molecule has 0 radical (unpaired) electrons. The first-order chi connectivity index (χ1) is 15.4. The maximum Gasteiger partial charge on any atom is 0.325 e. The number of nitrogens with zero attached hydrogens (tertiary/aromatic N) is 2. The fourth-order valence-corrected chi connectivity index (χ4v) is 4.34. The quantitative estimate of drug-likeness (QED) is 0.588. The average Bonchev–Trinajstić information content (AvgIpc) is 2.97. The number of methoxy groups -OCH3 is 1. The Balaban J connectivity index is 1.81. The molecule has 4 amide bonds. The maximum atomic E-state index is 13.0. The molecule has 0 aliphatic carbocycles. The van der Waals surface area contributed by atoms with Crippen molar-refractivity contribution in [3.8, 4) is 5.75 Å². The van der Waals surface area contributed by atoms with Gasteiger partial charge in [0.15, 0.2) is 0 Å². The average molecular weight is 475 g/mol. The summed E-state index contributed by atoms with van der Waals surface area (Å²) < 4.78 is 31.1. The Morgan fingerprint density at radius 2 is 1.79 bits per heavy atom. The van der Waals surface area contributed by atoms with Crippen LogP contribution in [0.3, 0.4) is 0 Å². The van der Waals surface area contributed by atoms with Crippen LogP contribution in [0.5, 0.6) is 5.75 Å². The monoisotopic (exact) mass is 474 g/mol. The Hall–Kier alpha value is -3.44. The van der Waals surface area contributed by atoms with Gasteiger partial charge in [0, 0.05) is 14.1 Å². The van der Waals surface area contributed by atoms with Gasteiger partial charge in [-0.1, -0.05) is 29.8 Å². The molecule has 0 aromatic heterocycles. The lowest BCUT2D eigenvalue weighted by Crippen LogP contribution is -2.42. The highest BCUT2D eigenvalue weighted by atomic mass is 32.2. The summed E-state index contributed by atoms with van der Waals surface area (Å²) in [6, 6.07) is 10.5. The number of amides is 4. The minimum Gasteiger partial charge on any atom is -0.495 e. The molecule has 2 aromatic rings. The third-order valence-corrected chi connectivity index (χ3v) is 7.24. The lowest BCUT2D eigenvalue weighted by Gasteiger charge is -2.22. The molecule has 1 atom stereocenters. The Kier molecular flexibility index (Phi) is 6.48. The fraction of sp³-hybridized carbons (Fsp3) is 0.318. The number of aryl methyl sites for hydroxylation is 1. The molecule has 0 saturated carbocycles. The second-order valence-corrected chi connectivity index (χ2v) is 10.2. The predicted molar refractivity (Wildman–Crippen MR) is 121 cm³/mol. The van der Waals surface area contributed by atoms with Crippen molar-refractivity contribution in [1.29, 1.82) is 0 Å². The molecule has 1 aliphatic heterocycles. The zero-order valence-corrected chi connectivity index (χ0v) is 19.8. The Morgan fingerprint density at radius 3 is 2.36 bits per heavy atom. The van der Waals surface area contributed by atoms with Crippen molar-refractivity contribution >= 4 is 33.6 Å². The standard InChI is InChI=1S/C22H26N4O6S/c1-14-6-8-15(9-7-14)22(2)20(28)26(21(29)24-22)13-19(27)23-17-12-16(10-11-18(17)32-5)33(30,31)25(3)4/h6-12H,13H2,1-5H3,(H,23,27)(H,24,29)/t22-/m0/s1. The number of hydrogen-bond acceptors (Lipinski definition) is 6. The van der Waals surface area contributed by atoms with Crippen molar-refractivity contribution < 1.29 is 27.5 Å². The molecule has 1 fully saturated rings. The lowest BCUT2D eigenvalue weighted by atomic mass is 9.91. The van der Waals surface area contributed by atoms with Gasteiger partial charge in [-0.3, -0.25) is 14.5 Å². The van der Waals surface area contributed by atoms with E-state index in [1.807, 2.05) is 19.1 Å². The summed E-state index contributed by atoms with van der Waals surface area (Å²) in [6.07, 6.45) is 0. The summed E-state index contributed by atoms with van der Waals surface area (Å²) in [5.74, 6) is -1.03. The number of urea groups is 1. The van der Waals surface area contributed by atoms with Crippen LogP contribution in [-0.4, -0.2) is 63.2 Å². The number of benzene rings is 2. The predicted octanol–water partition coefficient (Wildman–Crippen LogP) is 1.66. The molecule has 1 aliphatic rings. The van der Waals surface area contributed by atoms with Gasteiger partial charge in [0.1, 0.15) is 17.8 Å². The van der Waals surface area contributed by atoms with Crippen molar-refractivity contribution in [2.24, 2.45) is 0 Å². The lowest BCUT2D eigenvalue weighted by molar-refractivity contribution is -0.133. The van der Waals surface area contributed by atoms with E-state index in [0.29, 0.717) is 5.56 Å². The van der Waals surface area contributed by atoms with Crippen LogP contribution in [0.4, 0.5) is 10.5 Å². The van der Waals surface area contributed by atoms with E-state index in [2.05, 4.69) is 10.6 Å². The van der Waals surface area contributed by atoms with Crippen LogP contribution in [0.25, 0.3) is 0 Å². The smallest absolute Gasteiger partial charge is 0.325 e. The first-order valence-electron chi connectivity index (χ1n) is 10.0. The summed E-state index contributed by atoms with van der Waals surface area (Å²) >= 11 is 0. The van der Waals surface area contributed by atoms with E-state index >= 15 is 0 Å². The molecule has 10 nitrogen and oxygen atoms in total. The largest absolute Gasteiger partial charge is 0.495 e. The number of nitrogens with one attached hydrogen (secondary N) is 2. The van der Waals surface area contributed by atoms with Crippen molar-refractivity contribution in [1.82, 2.24) is 14.5 Å². The number of anilines is 1. The van der Waals surface area contributed by atoms with Gasteiger partial charge in [-0.2, -0.15) is 0 Å². The van der Waals surface area contributed by atoms with Crippen LogP contribution in [0, 0.1) is 6.92 Å². The van der Waals surface area contributed by atoms with E-state index in [0.717, 1.165) is 14.8 Å². The van der Waals surface area contributed by atoms with E-state index in [-0.39, 0.29) is 16.3 Å². The van der Waals surface area contributed by atoms with Crippen LogP contribution < -0.4 is 15.4 Å². The highest BCUT2D eigenvalue weighted by molar-refractivity contribution is 7.89. The molecule has 0 spiro atoms. The van der Waals surface area contributed by atoms with Gasteiger partial charge in [0.25, 0.3) is 5.91 Å². The summed E-state index contributed by atoms with van der Waals surface area (Å²) in [5.41, 5.74) is 0.391. The Labute approximate surface area is 192 Å². The zero-order valence-electron chi connectivity index (χ0n) is 19.0. The van der Waals surface area contributed by atoms with Crippen molar-refractivity contribution in [2.75, 3.05) is 33.1 Å². The summed E-state index contributed by atoms with van der Waals surface area (Å²) in [5, 5.41) is 5.18. The first-order valence-corrected chi connectivity index (χ1v) is 11.5. The van der Waals surface area contributed by atoms with Gasteiger partial charge in [-0.15, -0.1) is 0 Å². The molecule has 0 unspecified atom stereocenters. The van der Waals surface area contributed by atoms with E-state index in [4.69, 9.17) is 4.74 Å². The summed E-state index contributed by atoms with van der Waals surface area (Å²) in [7, 11) is 0.398. The molecule has 0 bridgehead atoms. The van der Waals surface area contributed by atoms with Crippen LogP contribution in [0.2, 0.25) is 0 Å². The van der Waals surface area contributed by atoms with Gasteiger partial charge in [0.05, 0.1) is 17.7 Å². The van der Waals surface area contributed by atoms with Crippen molar-refractivity contribution in [2.45, 2.75) is 24.3 Å². The van der Waals surface area contributed by atoms with Crippen molar-refractivity contribution in [3.63, 3.8) is 0 Å². The number of hydrogen-bond donors (Lipinski definition) is 2. The molecule has 33 heavy (non-hydrogen) atoms. The molecular formula is C22H26N4O6S. The minimum atomic E-state index is -3.75. The fourth-order valence-electron chi connectivity index (χ4n) is 3.41. The number of ether oxygens (including phenoxy) is 1. The molecule has 3 rings (SSSR count). The third-order valence-electron chi connectivity index (χ3n) is 5.43. The van der Waals surface area contributed by atoms with Gasteiger partial charge >= 0.3 is 6.03 Å². The second kappa shape index (κ2) is 8.83. The number of carbonyl (C=O) groups excluding carboxylic acids is 3. The highest BCUT2D eigenvalue weighted by Crippen LogP contribution is 2.30. The van der Waals surface area contributed by atoms with E-state index in [1.165, 1.54) is 39.4 Å².